The van der Waals surface area contributed by atoms with Gasteiger partial charge in [-0.05, 0) is 80.5 Å². The molecule has 0 aliphatic heterocycles. The van der Waals surface area contributed by atoms with E-state index in [0.29, 0.717) is 23.7 Å². The summed E-state index contributed by atoms with van der Waals surface area (Å²) in [5.41, 5.74) is 1.92. The highest BCUT2D eigenvalue weighted by Crippen LogP contribution is 2.66. The molecule has 0 spiro atoms. The molecule has 166 valence electrons. The number of ether oxygens (including phenoxy) is 1. The molecule has 7 atom stereocenters. The Bertz CT molecular complexity index is 902. The van der Waals surface area contributed by atoms with E-state index < -0.39 is 0 Å². The zero-order valence-electron chi connectivity index (χ0n) is 19.2. The standard InChI is InChI=1S/C28H36O3/c1-18(29)31-25-11-7-10-20-12-13-21-22-14-15-24(26(30)19-8-5-4-6-9-19)27(22,2)17-16-23(21)28(20,25)3/h4-6,8-9,15,20-23,25H,7,10-14,16-17H2,1-3H3/t20-,21-,22-,23-,25+,27-,28+/m1/s1. The fraction of sp³-hybridized carbons (Fsp3) is 0.643. The Kier molecular flexibility index (Phi) is 5.14. The Balaban J connectivity index is 1.43. The molecule has 0 saturated heterocycles. The summed E-state index contributed by atoms with van der Waals surface area (Å²) in [4.78, 5) is 25.3. The molecule has 5 rings (SSSR count). The molecule has 0 amide bonds. The van der Waals surface area contributed by atoms with Crippen LogP contribution < -0.4 is 0 Å². The van der Waals surface area contributed by atoms with E-state index in [1.54, 1.807) is 6.92 Å². The molecule has 3 nitrogen and oxygen atoms in total. The predicted octanol–water partition coefficient (Wildman–Crippen LogP) is 6.38. The summed E-state index contributed by atoms with van der Waals surface area (Å²) in [6.45, 7) is 6.35. The van der Waals surface area contributed by atoms with Crippen molar-refractivity contribution in [2.75, 3.05) is 0 Å². The van der Waals surface area contributed by atoms with Gasteiger partial charge >= 0.3 is 5.97 Å². The lowest BCUT2D eigenvalue weighted by atomic mass is 9.44. The van der Waals surface area contributed by atoms with Gasteiger partial charge in [0.1, 0.15) is 6.10 Å². The van der Waals surface area contributed by atoms with E-state index >= 15 is 0 Å². The number of ketones is 1. The van der Waals surface area contributed by atoms with Crippen molar-refractivity contribution in [3.8, 4) is 0 Å². The molecule has 0 bridgehead atoms. The van der Waals surface area contributed by atoms with Crippen LogP contribution in [0.5, 0.6) is 0 Å². The van der Waals surface area contributed by atoms with E-state index in [2.05, 4.69) is 19.9 Å². The maximum Gasteiger partial charge on any atom is 0.302 e. The summed E-state index contributed by atoms with van der Waals surface area (Å²) in [5.74, 6) is 2.50. The van der Waals surface area contributed by atoms with Crippen molar-refractivity contribution in [3.63, 3.8) is 0 Å². The number of Topliss-reactive ketones (excluding diaryl/α,β-unsaturated/α-hetero) is 1. The van der Waals surface area contributed by atoms with Gasteiger partial charge in [0.05, 0.1) is 0 Å². The first-order valence-corrected chi connectivity index (χ1v) is 12.3. The van der Waals surface area contributed by atoms with E-state index in [1.807, 2.05) is 30.3 Å². The van der Waals surface area contributed by atoms with Gasteiger partial charge < -0.3 is 4.74 Å². The maximum atomic E-state index is 13.4. The summed E-state index contributed by atoms with van der Waals surface area (Å²) in [5, 5.41) is 0. The minimum absolute atomic E-state index is 0.0249. The van der Waals surface area contributed by atoms with Gasteiger partial charge in [-0.15, -0.1) is 0 Å². The molecule has 4 aliphatic carbocycles. The van der Waals surface area contributed by atoms with Crippen LogP contribution in [0.1, 0.15) is 82.5 Å². The third-order valence-corrected chi connectivity index (χ3v) is 9.85. The number of carbonyl (C=O) groups is 2. The molecule has 1 aromatic carbocycles. The summed E-state index contributed by atoms with van der Waals surface area (Å²) in [6.07, 6.45) is 11.5. The molecule has 3 saturated carbocycles. The van der Waals surface area contributed by atoms with Crippen LogP contribution in [-0.4, -0.2) is 17.9 Å². The zero-order chi connectivity index (χ0) is 21.8. The summed E-state index contributed by atoms with van der Waals surface area (Å²) >= 11 is 0. The lowest BCUT2D eigenvalue weighted by Crippen LogP contribution is -2.58. The smallest absolute Gasteiger partial charge is 0.302 e. The second-order valence-electron chi connectivity index (χ2n) is 11.1. The average Bonchev–Trinajstić information content (AvgIpc) is 3.11. The number of fused-ring (bicyclic) bond motifs is 5. The van der Waals surface area contributed by atoms with E-state index in [1.165, 1.54) is 25.7 Å². The highest BCUT2D eigenvalue weighted by molar-refractivity contribution is 6.09. The predicted molar refractivity (Wildman–Crippen MR) is 122 cm³/mol. The van der Waals surface area contributed by atoms with E-state index in [4.69, 9.17) is 4.74 Å². The molecule has 0 radical (unpaired) electrons. The molecule has 0 aromatic heterocycles. The number of rotatable bonds is 3. The van der Waals surface area contributed by atoms with Crippen LogP contribution in [0.25, 0.3) is 0 Å². The number of esters is 1. The summed E-state index contributed by atoms with van der Waals surface area (Å²) in [6, 6.07) is 9.78. The largest absolute Gasteiger partial charge is 0.462 e. The van der Waals surface area contributed by atoms with Gasteiger partial charge in [0, 0.05) is 23.5 Å². The fourth-order valence-corrected chi connectivity index (χ4v) is 8.34. The Morgan fingerprint density at radius 2 is 1.74 bits per heavy atom. The quantitative estimate of drug-likeness (QED) is 0.421. The average molecular weight is 421 g/mol. The highest BCUT2D eigenvalue weighted by Gasteiger charge is 2.61. The van der Waals surface area contributed by atoms with Crippen LogP contribution in [0, 0.1) is 34.5 Å². The van der Waals surface area contributed by atoms with E-state index in [-0.39, 0.29) is 28.7 Å². The summed E-state index contributed by atoms with van der Waals surface area (Å²) in [7, 11) is 0. The monoisotopic (exact) mass is 420 g/mol. The number of hydrogen-bond acceptors (Lipinski definition) is 3. The van der Waals surface area contributed by atoms with Gasteiger partial charge in [0.25, 0.3) is 0 Å². The molecule has 4 aliphatic rings. The van der Waals surface area contributed by atoms with Gasteiger partial charge in [-0.25, -0.2) is 0 Å². The van der Waals surface area contributed by atoms with Crippen molar-refractivity contribution >= 4 is 11.8 Å². The van der Waals surface area contributed by atoms with Crippen LogP contribution in [-0.2, 0) is 9.53 Å². The summed E-state index contributed by atoms with van der Waals surface area (Å²) < 4.78 is 5.96. The Morgan fingerprint density at radius 1 is 0.968 bits per heavy atom. The molecule has 0 unspecified atom stereocenters. The number of allylic oxidation sites excluding steroid dienone is 2. The minimum Gasteiger partial charge on any atom is -0.462 e. The fourth-order valence-electron chi connectivity index (χ4n) is 8.34. The second kappa shape index (κ2) is 7.60. The van der Waals surface area contributed by atoms with Crippen molar-refractivity contribution in [1.82, 2.24) is 0 Å². The van der Waals surface area contributed by atoms with Crippen LogP contribution in [0.2, 0.25) is 0 Å². The topological polar surface area (TPSA) is 43.4 Å². The van der Waals surface area contributed by atoms with Crippen molar-refractivity contribution in [3.05, 3.63) is 47.5 Å². The maximum absolute atomic E-state index is 13.4. The Labute approximate surface area is 186 Å². The normalized spacial score (nSPS) is 41.4. The lowest BCUT2D eigenvalue weighted by Gasteiger charge is -2.61. The molecule has 31 heavy (non-hydrogen) atoms. The third kappa shape index (κ3) is 3.14. The van der Waals surface area contributed by atoms with Crippen molar-refractivity contribution in [2.24, 2.45) is 34.5 Å². The third-order valence-electron chi connectivity index (χ3n) is 9.85. The second-order valence-corrected chi connectivity index (χ2v) is 11.1. The zero-order valence-corrected chi connectivity index (χ0v) is 19.2. The molecular formula is C28H36O3. The van der Waals surface area contributed by atoms with Gasteiger partial charge in [0.15, 0.2) is 5.78 Å². The lowest BCUT2D eigenvalue weighted by molar-refractivity contribution is -0.187. The van der Waals surface area contributed by atoms with Gasteiger partial charge in [-0.1, -0.05) is 50.3 Å². The van der Waals surface area contributed by atoms with E-state index in [9.17, 15) is 9.59 Å². The van der Waals surface area contributed by atoms with Gasteiger partial charge in [-0.2, -0.15) is 0 Å². The molecular weight excluding hydrogens is 384 g/mol. The van der Waals surface area contributed by atoms with Crippen LogP contribution in [0.4, 0.5) is 0 Å². The Hall–Kier alpha value is -1.90. The molecule has 3 fully saturated rings. The van der Waals surface area contributed by atoms with Crippen molar-refractivity contribution in [2.45, 2.75) is 78.2 Å². The highest BCUT2D eigenvalue weighted by atomic mass is 16.5. The van der Waals surface area contributed by atoms with Crippen LogP contribution >= 0.6 is 0 Å². The van der Waals surface area contributed by atoms with Gasteiger partial charge in [-0.3, -0.25) is 9.59 Å². The van der Waals surface area contributed by atoms with Crippen molar-refractivity contribution in [1.29, 1.82) is 0 Å². The first-order valence-electron chi connectivity index (χ1n) is 12.3. The molecule has 3 heteroatoms. The van der Waals surface area contributed by atoms with Crippen molar-refractivity contribution < 1.29 is 14.3 Å². The minimum atomic E-state index is -0.132. The number of carbonyl (C=O) groups excluding carboxylic acids is 2. The molecule has 1 aromatic rings. The first-order chi connectivity index (χ1) is 14.9. The first kappa shape index (κ1) is 21.0. The molecule has 0 heterocycles. The van der Waals surface area contributed by atoms with Crippen LogP contribution in [0.3, 0.4) is 0 Å². The Morgan fingerprint density at radius 3 is 2.48 bits per heavy atom. The van der Waals surface area contributed by atoms with Gasteiger partial charge in [0.2, 0.25) is 0 Å². The van der Waals surface area contributed by atoms with E-state index in [0.717, 1.165) is 36.8 Å². The van der Waals surface area contributed by atoms with Crippen LogP contribution in [0.15, 0.2) is 42.0 Å². The number of hydrogen-bond donors (Lipinski definition) is 0. The number of benzene rings is 1. The molecule has 0 N–H and O–H groups in total. The SMILES string of the molecule is CC(=O)O[C@H]1CCC[C@@H]2CC[C@H]3[C@@H](CC[C@@]4(C)C(C(=O)c5ccccc5)=CC[C@H]34)[C@]21C.